The maximum atomic E-state index is 11.4. The monoisotopic (exact) mass is 253 g/mol. The van der Waals surface area contributed by atoms with Crippen molar-refractivity contribution in [2.45, 2.75) is 12.8 Å². The Kier molecular flexibility index (Phi) is 6.17. The van der Waals surface area contributed by atoms with Gasteiger partial charge in [-0.15, -0.1) is 0 Å². The normalized spacial score (nSPS) is 9.71. The maximum Gasteiger partial charge on any atom is 0.337 e. The first-order valence-electron chi connectivity index (χ1n) is 5.26. The molecule has 0 aromatic heterocycles. The lowest BCUT2D eigenvalue weighted by Crippen LogP contribution is -2.29. The summed E-state index contributed by atoms with van der Waals surface area (Å²) in [5.41, 5.74) is 1.11. The minimum Gasteiger partial charge on any atom is -0.390 e. The van der Waals surface area contributed by atoms with Gasteiger partial charge in [-0.05, 0) is 12.0 Å². The lowest BCUT2D eigenvalue weighted by atomic mass is 10.1. The van der Waals surface area contributed by atoms with Gasteiger partial charge in [-0.3, -0.25) is 4.79 Å². The summed E-state index contributed by atoms with van der Waals surface area (Å²) in [7, 11) is 0. The van der Waals surface area contributed by atoms with Crippen molar-refractivity contribution in [1.29, 1.82) is 0 Å². The fourth-order valence-electron chi connectivity index (χ4n) is 1.28. The summed E-state index contributed by atoms with van der Waals surface area (Å²) in [4.78, 5) is 22.4. The zero-order valence-electron chi connectivity index (χ0n) is 9.64. The Morgan fingerprint density at radius 1 is 1.29 bits per heavy atom. The first kappa shape index (κ1) is 13.6. The summed E-state index contributed by atoms with van der Waals surface area (Å²) >= 11 is 0.971. The third-order valence-corrected chi connectivity index (χ3v) is 2.44. The van der Waals surface area contributed by atoms with E-state index in [0.717, 1.165) is 17.6 Å². The smallest absolute Gasteiger partial charge is 0.337 e. The summed E-state index contributed by atoms with van der Waals surface area (Å²) in [6.45, 7) is -0.0749. The Balaban J connectivity index is 2.20. The Hall–Kier alpha value is -1.49. The lowest BCUT2D eigenvalue weighted by Gasteiger charge is -2.04. The summed E-state index contributed by atoms with van der Waals surface area (Å²) < 4.78 is 4.62. The molecule has 1 amide bonds. The van der Waals surface area contributed by atoms with Crippen molar-refractivity contribution in [2.24, 2.45) is 0 Å². The van der Waals surface area contributed by atoms with Gasteiger partial charge >= 0.3 is 5.97 Å². The summed E-state index contributed by atoms with van der Waals surface area (Å²) in [6.07, 6.45) is 2.69. The first-order chi connectivity index (χ1) is 8.22. The molecule has 0 saturated carbocycles. The number of carbonyl (C=O) groups excluding carboxylic acids is 2. The van der Waals surface area contributed by atoms with Gasteiger partial charge in [0.25, 0.3) is 0 Å². The lowest BCUT2D eigenvalue weighted by molar-refractivity contribution is -0.134. The number of aryl methyl sites for hydroxylation is 1. The molecule has 0 aliphatic carbocycles. The van der Waals surface area contributed by atoms with Gasteiger partial charge < -0.3 is 9.50 Å². The van der Waals surface area contributed by atoms with Crippen LogP contribution in [0.4, 0.5) is 0 Å². The molecule has 1 N–H and O–H groups in total. The van der Waals surface area contributed by atoms with E-state index in [-0.39, 0.29) is 12.5 Å². The minimum absolute atomic E-state index is 0.0749. The highest BCUT2D eigenvalue weighted by Gasteiger charge is 2.06. The maximum absolute atomic E-state index is 11.4. The van der Waals surface area contributed by atoms with Crippen molar-refractivity contribution in [3.63, 3.8) is 0 Å². The Bertz CT molecular complexity index is 367. The van der Waals surface area contributed by atoms with Crippen molar-refractivity contribution >= 4 is 23.9 Å². The number of benzene rings is 1. The number of hydrogen-bond acceptors (Lipinski definition) is 4. The molecule has 17 heavy (non-hydrogen) atoms. The third-order valence-electron chi connectivity index (χ3n) is 2.09. The van der Waals surface area contributed by atoms with Crippen molar-refractivity contribution < 1.29 is 13.8 Å². The molecule has 0 fully saturated rings. The molecule has 1 aromatic carbocycles. The Morgan fingerprint density at radius 2 is 2.00 bits per heavy atom. The van der Waals surface area contributed by atoms with Crippen LogP contribution in [0.1, 0.15) is 12.0 Å². The van der Waals surface area contributed by atoms with E-state index in [1.54, 1.807) is 6.26 Å². The summed E-state index contributed by atoms with van der Waals surface area (Å²) in [5.74, 6) is -0.586. The topological polar surface area (TPSA) is 55.4 Å². The molecular weight excluding hydrogens is 238 g/mol. The molecule has 1 rings (SSSR count). The molecule has 0 unspecified atom stereocenters. The van der Waals surface area contributed by atoms with Crippen LogP contribution in [0.5, 0.6) is 0 Å². The zero-order chi connectivity index (χ0) is 12.5. The second-order valence-electron chi connectivity index (χ2n) is 3.38. The average molecular weight is 253 g/mol. The van der Waals surface area contributed by atoms with Crippen LogP contribution in [0.2, 0.25) is 0 Å². The van der Waals surface area contributed by atoms with Gasteiger partial charge in [0.1, 0.15) is 6.54 Å². The molecule has 92 valence electrons. The number of rotatable bonds is 6. The van der Waals surface area contributed by atoms with Crippen molar-refractivity contribution in [2.75, 3.05) is 12.8 Å². The SMILES string of the molecule is CSOC(=O)CNC(=O)CCc1ccccc1. The van der Waals surface area contributed by atoms with Gasteiger partial charge in [-0.25, -0.2) is 4.79 Å². The molecule has 0 saturated heterocycles. The second-order valence-corrected chi connectivity index (χ2v) is 3.88. The highest BCUT2D eigenvalue weighted by atomic mass is 32.2. The van der Waals surface area contributed by atoms with Gasteiger partial charge in [-0.2, -0.15) is 0 Å². The molecule has 0 spiro atoms. The van der Waals surface area contributed by atoms with E-state index in [9.17, 15) is 9.59 Å². The molecule has 4 nitrogen and oxygen atoms in total. The van der Waals surface area contributed by atoms with Gasteiger partial charge in [0, 0.05) is 12.7 Å². The highest BCUT2D eigenvalue weighted by Crippen LogP contribution is 2.02. The van der Waals surface area contributed by atoms with E-state index in [1.807, 2.05) is 30.3 Å². The van der Waals surface area contributed by atoms with E-state index in [0.29, 0.717) is 12.8 Å². The van der Waals surface area contributed by atoms with Gasteiger partial charge in [0.15, 0.2) is 0 Å². The zero-order valence-corrected chi connectivity index (χ0v) is 10.5. The number of nitrogens with one attached hydrogen (secondary N) is 1. The molecule has 0 heterocycles. The molecule has 0 aliphatic rings. The minimum atomic E-state index is -0.439. The molecular formula is C12H15NO3S. The van der Waals surface area contributed by atoms with Crippen LogP contribution in [0.3, 0.4) is 0 Å². The second kappa shape index (κ2) is 7.73. The van der Waals surface area contributed by atoms with Crippen LogP contribution in [-0.4, -0.2) is 24.7 Å². The third kappa shape index (κ3) is 5.97. The summed E-state index contributed by atoms with van der Waals surface area (Å²) in [5, 5.41) is 2.51. The van der Waals surface area contributed by atoms with E-state index in [2.05, 4.69) is 9.50 Å². The molecule has 5 heteroatoms. The van der Waals surface area contributed by atoms with Gasteiger partial charge in [0.05, 0.1) is 12.0 Å². The number of hydrogen-bond donors (Lipinski definition) is 1. The highest BCUT2D eigenvalue weighted by molar-refractivity contribution is 7.94. The molecule has 0 bridgehead atoms. The van der Waals surface area contributed by atoms with Gasteiger partial charge in [0.2, 0.25) is 5.91 Å². The van der Waals surface area contributed by atoms with Crippen molar-refractivity contribution in [3.8, 4) is 0 Å². The molecule has 1 aromatic rings. The molecule has 0 aliphatic heterocycles. The van der Waals surface area contributed by atoms with Crippen LogP contribution in [0.25, 0.3) is 0 Å². The van der Waals surface area contributed by atoms with Crippen LogP contribution in [-0.2, 0) is 20.2 Å². The number of amides is 1. The molecule has 0 radical (unpaired) electrons. The van der Waals surface area contributed by atoms with Crippen LogP contribution in [0, 0.1) is 0 Å². The largest absolute Gasteiger partial charge is 0.390 e. The van der Waals surface area contributed by atoms with E-state index in [4.69, 9.17) is 0 Å². The van der Waals surface area contributed by atoms with Crippen LogP contribution in [0.15, 0.2) is 30.3 Å². The Morgan fingerprint density at radius 3 is 2.65 bits per heavy atom. The van der Waals surface area contributed by atoms with Gasteiger partial charge in [-0.1, -0.05) is 30.3 Å². The van der Waals surface area contributed by atoms with E-state index < -0.39 is 5.97 Å². The van der Waals surface area contributed by atoms with Crippen molar-refractivity contribution in [3.05, 3.63) is 35.9 Å². The standard InChI is InChI=1S/C12H15NO3S/c1-17-16-12(15)9-13-11(14)8-7-10-5-3-2-4-6-10/h2-6H,7-9H2,1H3,(H,13,14). The fourth-order valence-corrected chi connectivity index (χ4v) is 1.53. The van der Waals surface area contributed by atoms with E-state index >= 15 is 0 Å². The fraction of sp³-hybridized carbons (Fsp3) is 0.333. The first-order valence-corrected chi connectivity index (χ1v) is 6.41. The van der Waals surface area contributed by atoms with E-state index in [1.165, 1.54) is 0 Å². The quantitative estimate of drug-likeness (QED) is 0.782. The summed E-state index contributed by atoms with van der Waals surface area (Å²) in [6, 6.07) is 9.73. The molecule has 0 atom stereocenters. The predicted molar refractivity (Wildman–Crippen MR) is 67.4 cm³/mol. The number of carbonyl (C=O) groups is 2. The van der Waals surface area contributed by atoms with Crippen molar-refractivity contribution in [1.82, 2.24) is 5.32 Å². The average Bonchev–Trinajstić information content (AvgIpc) is 2.35. The van der Waals surface area contributed by atoms with Crippen LogP contribution >= 0.6 is 12.0 Å². The van der Waals surface area contributed by atoms with Crippen LogP contribution < -0.4 is 5.32 Å². The Labute approximate surface area is 105 Å². The predicted octanol–water partition coefficient (Wildman–Crippen LogP) is 1.56.